The summed E-state index contributed by atoms with van der Waals surface area (Å²) in [5.41, 5.74) is 0.0265. The number of carbonyl (C=O) groups is 2. The molecular formula is C35H40O19. The van der Waals surface area contributed by atoms with Crippen LogP contribution in [-0.4, -0.2) is 149 Å². The lowest BCUT2D eigenvalue weighted by Gasteiger charge is -2.40. The standard InChI is InChI=1S/C35H40O19/c1-46-21-10-15(4-7-18(21)36)32(44)49-13-24-26(38)28(40)30(42)34(53-24)51-17-6-9-20(23(12-17)48-3)52-35-31(43)29(41)27(39)25(54-35)14-50-33(45)16-5-8-19(37)22(11-16)47-2/h4-12,24-31,34-43H,13-14H2,1-3H3. The van der Waals surface area contributed by atoms with E-state index in [2.05, 4.69) is 0 Å². The van der Waals surface area contributed by atoms with Crippen LogP contribution in [0.2, 0.25) is 0 Å². The van der Waals surface area contributed by atoms with E-state index in [0.29, 0.717) is 0 Å². The number of aromatic hydroxyl groups is 2. The zero-order valence-electron chi connectivity index (χ0n) is 29.0. The Balaban J connectivity index is 1.22. The highest BCUT2D eigenvalue weighted by Crippen LogP contribution is 2.36. The van der Waals surface area contributed by atoms with E-state index in [0.717, 1.165) is 0 Å². The maximum atomic E-state index is 12.6. The van der Waals surface area contributed by atoms with E-state index in [4.69, 9.17) is 42.6 Å². The highest BCUT2D eigenvalue weighted by Gasteiger charge is 2.47. The first kappa shape index (κ1) is 40.1. The van der Waals surface area contributed by atoms with Crippen LogP contribution in [0.5, 0.6) is 40.2 Å². The lowest BCUT2D eigenvalue weighted by atomic mass is 9.99. The monoisotopic (exact) mass is 764 g/mol. The lowest BCUT2D eigenvalue weighted by molar-refractivity contribution is -0.278. The quantitative estimate of drug-likeness (QED) is 0.0990. The van der Waals surface area contributed by atoms with Crippen molar-refractivity contribution in [3.8, 4) is 40.2 Å². The Morgan fingerprint density at radius 2 is 0.981 bits per heavy atom. The van der Waals surface area contributed by atoms with E-state index in [1.807, 2.05) is 0 Å². The van der Waals surface area contributed by atoms with E-state index < -0.39 is 86.6 Å². The Bertz CT molecular complexity index is 1770. The van der Waals surface area contributed by atoms with Crippen molar-refractivity contribution in [3.05, 3.63) is 65.7 Å². The molecule has 10 atom stereocenters. The summed E-state index contributed by atoms with van der Waals surface area (Å²) in [7, 11) is 3.86. The van der Waals surface area contributed by atoms with E-state index in [-0.39, 0.29) is 51.4 Å². The van der Waals surface area contributed by atoms with Gasteiger partial charge >= 0.3 is 11.9 Å². The van der Waals surface area contributed by atoms with Gasteiger partial charge in [-0.3, -0.25) is 0 Å². The van der Waals surface area contributed by atoms with Crippen molar-refractivity contribution in [2.45, 2.75) is 61.4 Å². The van der Waals surface area contributed by atoms with Crippen molar-refractivity contribution in [2.24, 2.45) is 0 Å². The van der Waals surface area contributed by atoms with Crippen LogP contribution in [0.4, 0.5) is 0 Å². The lowest BCUT2D eigenvalue weighted by Crippen LogP contribution is -2.60. The van der Waals surface area contributed by atoms with Crippen LogP contribution in [0.25, 0.3) is 0 Å². The van der Waals surface area contributed by atoms with Crippen LogP contribution in [-0.2, 0) is 18.9 Å². The molecule has 19 heteroatoms. The number of phenols is 2. The molecular weight excluding hydrogens is 724 g/mol. The molecule has 5 rings (SSSR count). The van der Waals surface area contributed by atoms with Gasteiger partial charge in [-0.05, 0) is 48.5 Å². The van der Waals surface area contributed by atoms with Gasteiger partial charge in [0.1, 0.15) is 67.8 Å². The Labute approximate surface area is 306 Å². The molecule has 2 aliphatic heterocycles. The summed E-state index contributed by atoms with van der Waals surface area (Å²) in [4.78, 5) is 25.2. The molecule has 0 aromatic heterocycles. The van der Waals surface area contributed by atoms with Crippen LogP contribution in [0.1, 0.15) is 20.7 Å². The summed E-state index contributed by atoms with van der Waals surface area (Å²) in [6, 6.07) is 11.4. The molecule has 2 saturated heterocycles. The van der Waals surface area contributed by atoms with Gasteiger partial charge in [0, 0.05) is 6.07 Å². The third-order valence-corrected chi connectivity index (χ3v) is 8.56. The van der Waals surface area contributed by atoms with Crippen molar-refractivity contribution in [1.29, 1.82) is 0 Å². The van der Waals surface area contributed by atoms with Gasteiger partial charge in [0.2, 0.25) is 12.6 Å². The molecule has 0 spiro atoms. The number of phenolic OH excluding ortho intramolecular Hbond substituents is 2. The summed E-state index contributed by atoms with van der Waals surface area (Å²) in [6.07, 6.45) is -16.4. The molecule has 2 heterocycles. The molecule has 8 N–H and O–H groups in total. The summed E-state index contributed by atoms with van der Waals surface area (Å²) in [5.74, 6) is -2.17. The number of methoxy groups -OCH3 is 3. The minimum absolute atomic E-state index is 0.00464. The third kappa shape index (κ3) is 8.80. The van der Waals surface area contributed by atoms with E-state index in [1.54, 1.807) is 0 Å². The Morgan fingerprint density at radius 3 is 1.43 bits per heavy atom. The minimum atomic E-state index is -1.79. The maximum Gasteiger partial charge on any atom is 0.338 e. The topological polar surface area (TPSA) is 279 Å². The van der Waals surface area contributed by atoms with E-state index in [1.165, 1.54) is 75.9 Å². The summed E-state index contributed by atoms with van der Waals surface area (Å²) in [6.45, 7) is -1.15. The van der Waals surface area contributed by atoms with Gasteiger partial charge in [-0.25, -0.2) is 9.59 Å². The van der Waals surface area contributed by atoms with Gasteiger partial charge in [-0.1, -0.05) is 0 Å². The fourth-order valence-corrected chi connectivity index (χ4v) is 5.47. The Kier molecular flexibility index (Phi) is 12.9. The molecule has 0 amide bonds. The van der Waals surface area contributed by atoms with Gasteiger partial charge in [-0.2, -0.15) is 0 Å². The normalized spacial score (nSPS) is 28.0. The molecule has 2 aliphatic rings. The molecule has 0 radical (unpaired) electrons. The van der Waals surface area contributed by atoms with Gasteiger partial charge in [0.25, 0.3) is 0 Å². The highest BCUT2D eigenvalue weighted by atomic mass is 16.7. The average molecular weight is 765 g/mol. The second-order valence-corrected chi connectivity index (χ2v) is 12.0. The van der Waals surface area contributed by atoms with E-state index >= 15 is 0 Å². The number of hydrogen-bond donors (Lipinski definition) is 8. The number of esters is 2. The molecule has 0 bridgehead atoms. The zero-order valence-corrected chi connectivity index (χ0v) is 29.0. The van der Waals surface area contributed by atoms with Crippen molar-refractivity contribution in [1.82, 2.24) is 0 Å². The number of carbonyl (C=O) groups excluding carboxylic acids is 2. The van der Waals surface area contributed by atoms with Crippen LogP contribution in [0.3, 0.4) is 0 Å². The third-order valence-electron chi connectivity index (χ3n) is 8.56. The second kappa shape index (κ2) is 17.3. The summed E-state index contributed by atoms with van der Waals surface area (Å²) in [5, 5.41) is 82.8. The largest absolute Gasteiger partial charge is 0.504 e. The number of hydrogen-bond acceptors (Lipinski definition) is 19. The Hall–Kier alpha value is -5.12. The molecule has 2 fully saturated rings. The predicted octanol–water partition coefficient (Wildman–Crippen LogP) is -0.790. The van der Waals surface area contributed by atoms with E-state index in [9.17, 15) is 50.4 Å². The summed E-state index contributed by atoms with van der Waals surface area (Å²) >= 11 is 0. The van der Waals surface area contributed by atoms with Gasteiger partial charge in [0.05, 0.1) is 32.5 Å². The fourth-order valence-electron chi connectivity index (χ4n) is 5.47. The number of aliphatic hydroxyl groups is 6. The SMILES string of the molecule is COc1cc(C(=O)OCC2OC(Oc3ccc(OC4OC(COC(=O)c5ccc(O)c(OC)c5)C(O)C(O)C4O)c(OC)c3)C(O)C(O)C2O)ccc1O. The van der Waals surface area contributed by atoms with Crippen LogP contribution >= 0.6 is 0 Å². The molecule has 0 saturated carbocycles. The number of rotatable bonds is 13. The van der Waals surface area contributed by atoms with Crippen LogP contribution in [0, 0.1) is 0 Å². The fraction of sp³-hybridized carbons (Fsp3) is 0.429. The second-order valence-electron chi connectivity index (χ2n) is 12.0. The number of ether oxygens (including phenoxy) is 9. The summed E-state index contributed by atoms with van der Waals surface area (Å²) < 4.78 is 48.6. The molecule has 54 heavy (non-hydrogen) atoms. The van der Waals surface area contributed by atoms with Crippen molar-refractivity contribution in [3.63, 3.8) is 0 Å². The molecule has 10 unspecified atom stereocenters. The average Bonchev–Trinajstić information content (AvgIpc) is 3.17. The highest BCUT2D eigenvalue weighted by molar-refractivity contribution is 5.90. The Morgan fingerprint density at radius 1 is 0.537 bits per heavy atom. The minimum Gasteiger partial charge on any atom is -0.504 e. The molecule has 3 aromatic rings. The first-order valence-electron chi connectivity index (χ1n) is 16.2. The number of aliphatic hydroxyl groups excluding tert-OH is 6. The van der Waals surface area contributed by atoms with Gasteiger partial charge < -0.3 is 83.5 Å². The van der Waals surface area contributed by atoms with Gasteiger partial charge in [0.15, 0.2) is 34.5 Å². The maximum absolute atomic E-state index is 12.6. The smallest absolute Gasteiger partial charge is 0.338 e. The molecule has 294 valence electrons. The van der Waals surface area contributed by atoms with Gasteiger partial charge in [-0.15, -0.1) is 0 Å². The van der Waals surface area contributed by atoms with Crippen molar-refractivity contribution >= 4 is 11.9 Å². The number of benzene rings is 3. The predicted molar refractivity (Wildman–Crippen MR) is 177 cm³/mol. The molecule has 0 aliphatic carbocycles. The van der Waals surface area contributed by atoms with Crippen molar-refractivity contribution < 1.29 is 93.1 Å². The van der Waals surface area contributed by atoms with Crippen molar-refractivity contribution in [2.75, 3.05) is 34.5 Å². The first-order valence-corrected chi connectivity index (χ1v) is 16.2. The van der Waals surface area contributed by atoms with Crippen LogP contribution < -0.4 is 23.7 Å². The molecule has 3 aromatic carbocycles. The van der Waals surface area contributed by atoms with Crippen LogP contribution in [0.15, 0.2) is 54.6 Å². The molecule has 19 nitrogen and oxygen atoms in total. The first-order chi connectivity index (χ1) is 25.8. The zero-order chi connectivity index (χ0) is 39.3.